The summed E-state index contributed by atoms with van der Waals surface area (Å²) in [6, 6.07) is 0. The third kappa shape index (κ3) is 2.17. The molecule has 2 heterocycles. The van der Waals surface area contributed by atoms with E-state index in [0.29, 0.717) is 5.82 Å². The maximum absolute atomic E-state index is 5.72. The molecule has 1 aromatic rings. The summed E-state index contributed by atoms with van der Waals surface area (Å²) < 4.78 is 1.60. The molecular formula is C9H13ClN4OS. The number of oxime groups is 1. The molecule has 1 atom stereocenters. The van der Waals surface area contributed by atoms with Gasteiger partial charge in [-0.05, 0) is 25.4 Å². The lowest BCUT2D eigenvalue weighted by atomic mass is 10.0. The van der Waals surface area contributed by atoms with Crippen LogP contribution in [-0.4, -0.2) is 26.1 Å². The Kier molecular flexibility index (Phi) is 2.88. The zero-order valence-electron chi connectivity index (χ0n) is 9.31. The second kappa shape index (κ2) is 3.92. The van der Waals surface area contributed by atoms with Crippen LogP contribution in [0.15, 0.2) is 5.16 Å². The first-order valence-corrected chi connectivity index (χ1v) is 5.78. The summed E-state index contributed by atoms with van der Waals surface area (Å²) in [5.41, 5.74) is 0.583. The maximum atomic E-state index is 5.72. The molecule has 1 unspecified atom stereocenters. The number of nitrogens with zero attached hydrogens (tertiary/aromatic N) is 4. The van der Waals surface area contributed by atoms with Crippen molar-refractivity contribution in [1.29, 1.82) is 0 Å². The van der Waals surface area contributed by atoms with E-state index in [2.05, 4.69) is 27.9 Å². The van der Waals surface area contributed by atoms with Gasteiger partial charge in [0.1, 0.15) is 16.7 Å². The highest BCUT2D eigenvalue weighted by Crippen LogP contribution is 2.31. The minimum Gasteiger partial charge on any atom is -0.389 e. The predicted octanol–water partition coefficient (Wildman–Crippen LogP) is 1.99. The monoisotopic (exact) mass is 260 g/mol. The van der Waals surface area contributed by atoms with Crippen molar-refractivity contribution in [2.45, 2.75) is 31.1 Å². The molecule has 0 fully saturated rings. The van der Waals surface area contributed by atoms with Gasteiger partial charge in [0.2, 0.25) is 5.28 Å². The van der Waals surface area contributed by atoms with Gasteiger partial charge >= 0.3 is 0 Å². The number of halogens is 1. The van der Waals surface area contributed by atoms with E-state index in [4.69, 9.17) is 16.4 Å². The van der Waals surface area contributed by atoms with Gasteiger partial charge < -0.3 is 4.84 Å². The predicted molar refractivity (Wildman–Crippen MR) is 65.0 cm³/mol. The molecule has 0 aromatic carbocycles. The summed E-state index contributed by atoms with van der Waals surface area (Å²) in [6.45, 7) is 3.96. The molecule has 5 nitrogen and oxygen atoms in total. The molecule has 0 saturated carbocycles. The Morgan fingerprint density at radius 3 is 2.69 bits per heavy atom. The minimum atomic E-state index is -0.265. The van der Waals surface area contributed by atoms with Crippen molar-refractivity contribution in [2.24, 2.45) is 12.2 Å². The second-order valence-corrected chi connectivity index (χ2v) is 5.23. The Bertz CT molecular complexity index is 443. The first kappa shape index (κ1) is 11.7. The average Bonchev–Trinajstić information content (AvgIpc) is 2.68. The van der Waals surface area contributed by atoms with Crippen molar-refractivity contribution in [1.82, 2.24) is 14.8 Å². The summed E-state index contributed by atoms with van der Waals surface area (Å²) in [5.74, 6) is 0.674. The molecule has 0 saturated heterocycles. The van der Waals surface area contributed by atoms with Gasteiger partial charge in [0.15, 0.2) is 0 Å². The smallest absolute Gasteiger partial charge is 0.242 e. The lowest BCUT2D eigenvalue weighted by molar-refractivity contribution is 0.0123. The van der Waals surface area contributed by atoms with E-state index < -0.39 is 0 Å². The van der Waals surface area contributed by atoms with E-state index in [0.717, 1.165) is 12.1 Å². The fraction of sp³-hybridized carbons (Fsp3) is 0.667. The molecule has 1 aliphatic rings. The van der Waals surface area contributed by atoms with Crippen molar-refractivity contribution >= 4 is 29.9 Å². The number of thiol groups is 1. The molecule has 0 bridgehead atoms. The van der Waals surface area contributed by atoms with Crippen LogP contribution in [0.1, 0.15) is 31.3 Å². The first-order valence-electron chi connectivity index (χ1n) is 4.88. The Morgan fingerprint density at radius 2 is 2.25 bits per heavy atom. The molecule has 1 aliphatic heterocycles. The average molecular weight is 261 g/mol. The van der Waals surface area contributed by atoms with Crippen LogP contribution in [0.5, 0.6) is 0 Å². The zero-order valence-corrected chi connectivity index (χ0v) is 11.0. The summed E-state index contributed by atoms with van der Waals surface area (Å²) in [6.07, 6.45) is 0.728. The maximum Gasteiger partial charge on any atom is 0.242 e. The summed E-state index contributed by atoms with van der Waals surface area (Å²) >= 11 is 10.2. The minimum absolute atomic E-state index is 0.218. The van der Waals surface area contributed by atoms with E-state index in [1.807, 2.05) is 13.8 Å². The van der Waals surface area contributed by atoms with Crippen LogP contribution in [0, 0.1) is 0 Å². The molecule has 0 aliphatic carbocycles. The number of aromatic nitrogens is 3. The van der Waals surface area contributed by atoms with E-state index >= 15 is 0 Å². The molecule has 1 aromatic heterocycles. The van der Waals surface area contributed by atoms with Gasteiger partial charge in [0, 0.05) is 13.5 Å². The molecule has 0 radical (unpaired) electrons. The van der Waals surface area contributed by atoms with Crippen LogP contribution < -0.4 is 0 Å². The van der Waals surface area contributed by atoms with Gasteiger partial charge in [-0.25, -0.2) is 4.98 Å². The standard InChI is InChI=1S/C9H13ClN4OS/c1-9(2)4-5(13-15-9)6(16)7-11-8(10)12-14(7)3/h6,16H,4H2,1-3H3. The Morgan fingerprint density at radius 1 is 1.56 bits per heavy atom. The largest absolute Gasteiger partial charge is 0.389 e. The summed E-state index contributed by atoms with van der Waals surface area (Å²) in [7, 11) is 1.78. The second-order valence-electron chi connectivity index (χ2n) is 4.38. The highest BCUT2D eigenvalue weighted by Gasteiger charge is 2.34. The Balaban J connectivity index is 2.21. The third-order valence-corrected chi connectivity index (χ3v) is 3.04. The van der Waals surface area contributed by atoms with Crippen molar-refractivity contribution < 1.29 is 4.84 Å². The molecule has 0 spiro atoms. The zero-order chi connectivity index (χ0) is 11.9. The number of aryl methyl sites for hydroxylation is 1. The van der Waals surface area contributed by atoms with Gasteiger partial charge in [0.05, 0.1) is 5.71 Å². The summed E-state index contributed by atoms with van der Waals surface area (Å²) in [5, 5.41) is 7.99. The molecule has 0 N–H and O–H groups in total. The van der Waals surface area contributed by atoms with E-state index in [9.17, 15) is 0 Å². The molecule has 88 valence electrons. The number of hydrogen-bond acceptors (Lipinski definition) is 5. The SMILES string of the molecule is Cn1nc(Cl)nc1C(S)C1=NOC(C)(C)C1. The van der Waals surface area contributed by atoms with Crippen molar-refractivity contribution in [3.8, 4) is 0 Å². The Hall–Kier alpha value is -0.750. The highest BCUT2D eigenvalue weighted by atomic mass is 35.5. The fourth-order valence-electron chi connectivity index (χ4n) is 1.58. The highest BCUT2D eigenvalue weighted by molar-refractivity contribution is 7.81. The topological polar surface area (TPSA) is 52.3 Å². The number of hydrogen-bond donors (Lipinski definition) is 1. The fourth-order valence-corrected chi connectivity index (χ4v) is 2.14. The quantitative estimate of drug-likeness (QED) is 0.828. The van der Waals surface area contributed by atoms with Crippen molar-refractivity contribution in [3.05, 3.63) is 11.1 Å². The lowest BCUT2D eigenvalue weighted by Crippen LogP contribution is -2.21. The van der Waals surface area contributed by atoms with Gasteiger partial charge in [-0.2, -0.15) is 12.6 Å². The molecular weight excluding hydrogens is 248 g/mol. The molecule has 7 heteroatoms. The van der Waals surface area contributed by atoms with Crippen LogP contribution >= 0.6 is 24.2 Å². The first-order chi connectivity index (χ1) is 7.39. The van der Waals surface area contributed by atoms with Crippen molar-refractivity contribution in [2.75, 3.05) is 0 Å². The van der Waals surface area contributed by atoms with E-state index in [1.54, 1.807) is 11.7 Å². The molecule has 0 amide bonds. The van der Waals surface area contributed by atoms with Gasteiger partial charge in [-0.3, -0.25) is 4.68 Å². The Labute approximate surface area is 104 Å². The van der Waals surface area contributed by atoms with E-state index in [-0.39, 0.29) is 16.1 Å². The molecule has 16 heavy (non-hydrogen) atoms. The van der Waals surface area contributed by atoms with Crippen LogP contribution in [0.3, 0.4) is 0 Å². The third-order valence-electron chi connectivity index (χ3n) is 2.35. The normalized spacial score (nSPS) is 20.4. The summed E-state index contributed by atoms with van der Waals surface area (Å²) in [4.78, 5) is 9.40. The van der Waals surface area contributed by atoms with Crippen LogP contribution in [0.25, 0.3) is 0 Å². The van der Waals surface area contributed by atoms with Gasteiger partial charge in [-0.15, -0.1) is 5.10 Å². The van der Waals surface area contributed by atoms with Crippen LogP contribution in [-0.2, 0) is 11.9 Å². The van der Waals surface area contributed by atoms with Crippen LogP contribution in [0.4, 0.5) is 0 Å². The lowest BCUT2D eigenvalue weighted by Gasteiger charge is -2.14. The van der Waals surface area contributed by atoms with Gasteiger partial charge in [0.25, 0.3) is 0 Å². The van der Waals surface area contributed by atoms with Crippen LogP contribution in [0.2, 0.25) is 5.28 Å². The van der Waals surface area contributed by atoms with Gasteiger partial charge in [-0.1, -0.05) is 5.16 Å². The number of rotatable bonds is 2. The molecule has 2 rings (SSSR count). The van der Waals surface area contributed by atoms with E-state index in [1.165, 1.54) is 0 Å². The van der Waals surface area contributed by atoms with Crippen molar-refractivity contribution in [3.63, 3.8) is 0 Å².